The number of hydrogen-bond acceptors (Lipinski definition) is 3. The van der Waals surface area contributed by atoms with Crippen LogP contribution in [0.4, 0.5) is 4.39 Å². The third-order valence-corrected chi connectivity index (χ3v) is 6.76. The lowest BCUT2D eigenvalue weighted by Gasteiger charge is -2.32. The van der Waals surface area contributed by atoms with Crippen LogP contribution in [-0.4, -0.2) is 35.9 Å². The van der Waals surface area contributed by atoms with E-state index in [0.717, 1.165) is 36.8 Å². The molecule has 188 valence electrons. The number of carbonyl (C=O) groups excluding carboxylic acids is 2. The first-order chi connectivity index (χ1) is 17.5. The van der Waals surface area contributed by atoms with Crippen molar-refractivity contribution in [1.29, 1.82) is 0 Å². The van der Waals surface area contributed by atoms with Gasteiger partial charge < -0.3 is 15.0 Å². The molecule has 1 aliphatic carbocycles. The number of nitrogens with zero attached hydrogens (tertiary/aromatic N) is 1. The SMILES string of the molecule is COc1cccc(CN(C(=O)Cc2ccccc2F)C(Cc2ccccc2)C(=O)NC2CCCC2)c1. The molecule has 0 spiro atoms. The van der Waals surface area contributed by atoms with Crippen molar-refractivity contribution < 1.29 is 18.7 Å². The second-order valence-corrected chi connectivity index (χ2v) is 9.34. The molecule has 36 heavy (non-hydrogen) atoms. The van der Waals surface area contributed by atoms with Crippen molar-refractivity contribution >= 4 is 11.8 Å². The van der Waals surface area contributed by atoms with Gasteiger partial charge in [0.1, 0.15) is 17.6 Å². The van der Waals surface area contributed by atoms with Crippen LogP contribution in [0.1, 0.15) is 42.4 Å². The van der Waals surface area contributed by atoms with E-state index in [0.29, 0.717) is 17.7 Å². The molecule has 1 aliphatic rings. The number of nitrogens with one attached hydrogen (secondary N) is 1. The fraction of sp³-hybridized carbons (Fsp3) is 0.333. The van der Waals surface area contributed by atoms with Crippen LogP contribution in [0.2, 0.25) is 0 Å². The maximum Gasteiger partial charge on any atom is 0.243 e. The number of rotatable bonds is 10. The number of halogens is 1. The zero-order chi connectivity index (χ0) is 25.3. The van der Waals surface area contributed by atoms with Crippen molar-refractivity contribution in [2.24, 2.45) is 0 Å². The lowest BCUT2D eigenvalue weighted by molar-refractivity contribution is -0.141. The van der Waals surface area contributed by atoms with E-state index in [1.54, 1.807) is 30.2 Å². The topological polar surface area (TPSA) is 58.6 Å². The van der Waals surface area contributed by atoms with E-state index in [1.807, 2.05) is 54.6 Å². The van der Waals surface area contributed by atoms with E-state index in [-0.39, 0.29) is 30.8 Å². The minimum absolute atomic E-state index is 0.121. The number of amides is 2. The summed E-state index contributed by atoms with van der Waals surface area (Å²) in [5.74, 6) is -0.229. The Morgan fingerprint density at radius 2 is 1.67 bits per heavy atom. The second-order valence-electron chi connectivity index (χ2n) is 9.34. The van der Waals surface area contributed by atoms with Gasteiger partial charge in [-0.2, -0.15) is 0 Å². The van der Waals surface area contributed by atoms with Crippen molar-refractivity contribution in [2.45, 2.75) is 57.2 Å². The van der Waals surface area contributed by atoms with Crippen LogP contribution in [0.25, 0.3) is 0 Å². The average Bonchev–Trinajstić information content (AvgIpc) is 3.41. The summed E-state index contributed by atoms with van der Waals surface area (Å²) < 4.78 is 19.8. The van der Waals surface area contributed by atoms with Crippen LogP contribution in [0.3, 0.4) is 0 Å². The highest BCUT2D eigenvalue weighted by Gasteiger charge is 2.32. The molecule has 0 bridgehead atoms. The van der Waals surface area contributed by atoms with Gasteiger partial charge in [0, 0.05) is 19.0 Å². The highest BCUT2D eigenvalue weighted by atomic mass is 19.1. The summed E-state index contributed by atoms with van der Waals surface area (Å²) in [5, 5.41) is 3.19. The third-order valence-electron chi connectivity index (χ3n) is 6.76. The van der Waals surface area contributed by atoms with Crippen LogP contribution in [0.15, 0.2) is 78.9 Å². The van der Waals surface area contributed by atoms with Gasteiger partial charge in [0.15, 0.2) is 0 Å². The minimum Gasteiger partial charge on any atom is -0.497 e. The second kappa shape index (κ2) is 12.3. The molecule has 0 aliphatic heterocycles. The van der Waals surface area contributed by atoms with Crippen LogP contribution in [0, 0.1) is 5.82 Å². The molecule has 3 aromatic rings. The highest BCUT2D eigenvalue weighted by Crippen LogP contribution is 2.22. The van der Waals surface area contributed by atoms with E-state index in [2.05, 4.69) is 5.32 Å². The molecule has 1 fully saturated rings. The summed E-state index contributed by atoms with van der Waals surface area (Å²) in [6.07, 6.45) is 4.32. The molecule has 1 unspecified atom stereocenters. The van der Waals surface area contributed by atoms with E-state index in [9.17, 15) is 14.0 Å². The molecular weight excluding hydrogens is 455 g/mol. The largest absolute Gasteiger partial charge is 0.497 e. The van der Waals surface area contributed by atoms with Gasteiger partial charge in [0.2, 0.25) is 11.8 Å². The molecule has 0 radical (unpaired) electrons. The summed E-state index contributed by atoms with van der Waals surface area (Å²) in [5.41, 5.74) is 2.11. The predicted molar refractivity (Wildman–Crippen MR) is 138 cm³/mol. The van der Waals surface area contributed by atoms with Crippen LogP contribution >= 0.6 is 0 Å². The smallest absolute Gasteiger partial charge is 0.243 e. The Labute approximate surface area is 212 Å². The average molecular weight is 489 g/mol. The van der Waals surface area contributed by atoms with Crippen LogP contribution in [-0.2, 0) is 29.0 Å². The summed E-state index contributed by atoms with van der Waals surface area (Å²) in [6, 6.07) is 22.8. The monoisotopic (exact) mass is 488 g/mol. The fourth-order valence-corrected chi connectivity index (χ4v) is 4.80. The Hall–Kier alpha value is -3.67. The van der Waals surface area contributed by atoms with E-state index < -0.39 is 11.9 Å². The van der Waals surface area contributed by atoms with Crippen molar-refractivity contribution in [2.75, 3.05) is 7.11 Å². The van der Waals surface area contributed by atoms with Crippen LogP contribution in [0.5, 0.6) is 5.75 Å². The quantitative estimate of drug-likeness (QED) is 0.433. The Morgan fingerprint density at radius 1 is 0.972 bits per heavy atom. The molecule has 0 aromatic heterocycles. The number of hydrogen-bond donors (Lipinski definition) is 1. The van der Waals surface area contributed by atoms with Gasteiger partial charge in [-0.05, 0) is 47.7 Å². The molecule has 0 saturated heterocycles. The van der Waals surface area contributed by atoms with E-state index in [1.165, 1.54) is 6.07 Å². The fourth-order valence-electron chi connectivity index (χ4n) is 4.80. The Balaban J connectivity index is 1.67. The Kier molecular flexibility index (Phi) is 8.71. The zero-order valence-electron chi connectivity index (χ0n) is 20.7. The number of carbonyl (C=O) groups is 2. The van der Waals surface area contributed by atoms with Gasteiger partial charge in [-0.15, -0.1) is 0 Å². The molecule has 2 amide bonds. The van der Waals surface area contributed by atoms with E-state index in [4.69, 9.17) is 4.74 Å². The molecule has 1 atom stereocenters. The normalized spacial score (nSPS) is 14.3. The Morgan fingerprint density at radius 3 is 2.39 bits per heavy atom. The minimum atomic E-state index is -0.738. The molecule has 4 rings (SSSR count). The van der Waals surface area contributed by atoms with Crippen molar-refractivity contribution in [3.63, 3.8) is 0 Å². The summed E-state index contributed by atoms with van der Waals surface area (Å²) in [6.45, 7) is 0.208. The van der Waals surface area contributed by atoms with Gasteiger partial charge in [-0.3, -0.25) is 9.59 Å². The molecule has 1 saturated carbocycles. The van der Waals surface area contributed by atoms with Gasteiger partial charge in [0.25, 0.3) is 0 Å². The molecule has 1 N–H and O–H groups in total. The zero-order valence-corrected chi connectivity index (χ0v) is 20.7. The summed E-state index contributed by atoms with van der Waals surface area (Å²) in [7, 11) is 1.59. The molecule has 0 heterocycles. The maximum absolute atomic E-state index is 14.4. The lowest BCUT2D eigenvalue weighted by atomic mass is 10.0. The van der Waals surface area contributed by atoms with Gasteiger partial charge >= 0.3 is 0 Å². The molecule has 5 nitrogen and oxygen atoms in total. The summed E-state index contributed by atoms with van der Waals surface area (Å²) >= 11 is 0. The van der Waals surface area contributed by atoms with Crippen molar-refractivity contribution in [3.05, 3.63) is 101 Å². The van der Waals surface area contributed by atoms with Gasteiger partial charge in [-0.25, -0.2) is 4.39 Å². The molecule has 3 aromatic carbocycles. The number of benzene rings is 3. The molecule has 6 heteroatoms. The summed E-state index contributed by atoms with van der Waals surface area (Å²) in [4.78, 5) is 29.0. The Bertz CT molecular complexity index is 1160. The first-order valence-electron chi connectivity index (χ1n) is 12.5. The van der Waals surface area contributed by atoms with Gasteiger partial charge in [-0.1, -0.05) is 73.5 Å². The first-order valence-corrected chi connectivity index (χ1v) is 12.5. The van der Waals surface area contributed by atoms with Gasteiger partial charge in [0.05, 0.1) is 13.5 Å². The first kappa shape index (κ1) is 25.4. The standard InChI is InChI=1S/C30H33FN2O3/c1-36-26-16-9-12-23(18-26)21-33(29(34)20-24-13-5-8-17-27(24)31)28(19-22-10-3-2-4-11-22)30(35)32-25-14-6-7-15-25/h2-5,8-13,16-18,25,28H,6-7,14-15,19-21H2,1H3,(H,32,35). The predicted octanol–water partition coefficient (Wildman–Crippen LogP) is 5.08. The van der Waals surface area contributed by atoms with Crippen molar-refractivity contribution in [3.8, 4) is 5.75 Å². The maximum atomic E-state index is 14.4. The molecular formula is C30H33FN2O3. The van der Waals surface area contributed by atoms with Crippen LogP contribution < -0.4 is 10.1 Å². The van der Waals surface area contributed by atoms with Crippen molar-refractivity contribution in [1.82, 2.24) is 10.2 Å². The number of ether oxygens (including phenoxy) is 1. The lowest BCUT2D eigenvalue weighted by Crippen LogP contribution is -2.52. The highest BCUT2D eigenvalue weighted by molar-refractivity contribution is 5.89. The number of methoxy groups -OCH3 is 1. The third kappa shape index (κ3) is 6.72. The van der Waals surface area contributed by atoms with E-state index >= 15 is 0 Å².